The van der Waals surface area contributed by atoms with Crippen LogP contribution in [0.15, 0.2) is 36.8 Å². The van der Waals surface area contributed by atoms with Gasteiger partial charge in [0.2, 0.25) is 0 Å². The first-order valence-corrected chi connectivity index (χ1v) is 6.56. The maximum absolute atomic E-state index is 6.06. The summed E-state index contributed by atoms with van der Waals surface area (Å²) >= 11 is 6.06. The average molecular weight is 262 g/mol. The van der Waals surface area contributed by atoms with Crippen LogP contribution in [0, 0.1) is 0 Å². The summed E-state index contributed by atoms with van der Waals surface area (Å²) in [6.07, 6.45) is 4.97. The van der Waals surface area contributed by atoms with Gasteiger partial charge >= 0.3 is 0 Å². The molecule has 1 N–H and O–H groups in total. The van der Waals surface area contributed by atoms with E-state index >= 15 is 0 Å². The van der Waals surface area contributed by atoms with E-state index in [4.69, 9.17) is 11.6 Å². The summed E-state index contributed by atoms with van der Waals surface area (Å²) < 4.78 is 2.14. The van der Waals surface area contributed by atoms with Gasteiger partial charge in [0, 0.05) is 34.6 Å². The Balaban J connectivity index is 2.06. The smallest absolute Gasteiger partial charge is 0.0994 e. The number of rotatable bonds is 2. The van der Waals surface area contributed by atoms with Crippen molar-refractivity contribution >= 4 is 11.6 Å². The number of benzene rings is 1. The van der Waals surface area contributed by atoms with Crippen molar-refractivity contribution in [2.24, 2.45) is 0 Å². The van der Waals surface area contributed by atoms with Crippen LogP contribution in [0.25, 0.3) is 5.69 Å². The largest absolute Gasteiger partial charge is 0.316 e. The van der Waals surface area contributed by atoms with Gasteiger partial charge in [-0.2, -0.15) is 0 Å². The van der Waals surface area contributed by atoms with Gasteiger partial charge in [0.1, 0.15) is 0 Å². The van der Waals surface area contributed by atoms with Crippen molar-refractivity contribution in [3.63, 3.8) is 0 Å². The number of imidazole rings is 1. The Kier molecular flexibility index (Phi) is 2.88. The van der Waals surface area contributed by atoms with Gasteiger partial charge in [-0.05, 0) is 31.2 Å². The van der Waals surface area contributed by atoms with Crippen LogP contribution in [-0.2, 0) is 5.41 Å². The molecule has 3 rings (SSSR count). The van der Waals surface area contributed by atoms with Gasteiger partial charge in [-0.3, -0.25) is 0 Å². The highest BCUT2D eigenvalue weighted by molar-refractivity contribution is 6.30. The average Bonchev–Trinajstić information content (AvgIpc) is 2.98. The summed E-state index contributed by atoms with van der Waals surface area (Å²) in [6.45, 7) is 4.35. The lowest BCUT2D eigenvalue weighted by atomic mass is 9.86. The molecule has 0 bridgehead atoms. The molecule has 1 aromatic heterocycles. The fourth-order valence-electron chi connectivity index (χ4n) is 2.61. The number of halogens is 1. The Morgan fingerprint density at radius 2 is 2.33 bits per heavy atom. The van der Waals surface area contributed by atoms with Gasteiger partial charge in [-0.1, -0.05) is 24.6 Å². The molecule has 1 atom stereocenters. The molecule has 3 nitrogen and oxygen atoms in total. The Labute approximate surface area is 112 Å². The Morgan fingerprint density at radius 1 is 1.44 bits per heavy atom. The van der Waals surface area contributed by atoms with Crippen LogP contribution in [-0.4, -0.2) is 22.6 Å². The van der Waals surface area contributed by atoms with Crippen molar-refractivity contribution in [3.8, 4) is 5.69 Å². The molecule has 1 aliphatic heterocycles. The SMILES string of the molecule is CC1(c2cncn2-c2cccc(Cl)c2)CCNC1. The van der Waals surface area contributed by atoms with E-state index < -0.39 is 0 Å². The predicted octanol–water partition coefficient (Wildman–Crippen LogP) is 2.78. The van der Waals surface area contributed by atoms with Crippen LogP contribution in [0.3, 0.4) is 0 Å². The molecule has 18 heavy (non-hydrogen) atoms. The minimum atomic E-state index is 0.152. The van der Waals surface area contributed by atoms with Crippen molar-refractivity contribution < 1.29 is 0 Å². The van der Waals surface area contributed by atoms with E-state index in [0.29, 0.717) is 0 Å². The van der Waals surface area contributed by atoms with Crippen molar-refractivity contribution in [1.82, 2.24) is 14.9 Å². The standard InChI is InChI=1S/C14H16ClN3/c1-14(5-6-16-9-14)13-8-17-10-18(13)12-4-2-3-11(15)7-12/h2-4,7-8,10,16H,5-6,9H2,1H3. The van der Waals surface area contributed by atoms with Crippen LogP contribution < -0.4 is 5.32 Å². The molecule has 1 saturated heterocycles. The van der Waals surface area contributed by atoms with Gasteiger partial charge in [0.25, 0.3) is 0 Å². The zero-order valence-corrected chi connectivity index (χ0v) is 11.1. The highest BCUT2D eigenvalue weighted by Gasteiger charge is 2.33. The van der Waals surface area contributed by atoms with Crippen LogP contribution in [0.5, 0.6) is 0 Å². The van der Waals surface area contributed by atoms with Crippen molar-refractivity contribution in [1.29, 1.82) is 0 Å². The highest BCUT2D eigenvalue weighted by Crippen LogP contribution is 2.31. The number of nitrogens with zero attached hydrogens (tertiary/aromatic N) is 2. The highest BCUT2D eigenvalue weighted by atomic mass is 35.5. The molecule has 94 valence electrons. The number of aromatic nitrogens is 2. The quantitative estimate of drug-likeness (QED) is 0.901. The van der Waals surface area contributed by atoms with Gasteiger partial charge in [-0.25, -0.2) is 4.98 Å². The molecule has 2 aromatic rings. The first-order chi connectivity index (χ1) is 8.69. The number of hydrogen-bond donors (Lipinski definition) is 1. The third-order valence-corrected chi connectivity index (χ3v) is 3.95. The molecule has 1 aromatic carbocycles. The minimum Gasteiger partial charge on any atom is -0.316 e. The first kappa shape index (κ1) is 11.8. The van der Waals surface area contributed by atoms with E-state index in [9.17, 15) is 0 Å². The van der Waals surface area contributed by atoms with Crippen molar-refractivity contribution in [2.75, 3.05) is 13.1 Å². The van der Waals surface area contributed by atoms with E-state index in [1.807, 2.05) is 30.7 Å². The molecule has 0 aliphatic carbocycles. The van der Waals surface area contributed by atoms with Gasteiger partial charge in [0.15, 0.2) is 0 Å². The second-order valence-electron chi connectivity index (χ2n) is 5.12. The molecule has 1 aliphatic rings. The molecule has 0 saturated carbocycles. The zero-order chi connectivity index (χ0) is 12.6. The third-order valence-electron chi connectivity index (χ3n) is 3.71. The maximum atomic E-state index is 6.06. The summed E-state index contributed by atoms with van der Waals surface area (Å²) in [7, 11) is 0. The molecule has 2 heterocycles. The summed E-state index contributed by atoms with van der Waals surface area (Å²) in [5.41, 5.74) is 2.47. The monoisotopic (exact) mass is 261 g/mol. The van der Waals surface area contributed by atoms with E-state index in [1.54, 1.807) is 0 Å². The fourth-order valence-corrected chi connectivity index (χ4v) is 2.79. The van der Waals surface area contributed by atoms with E-state index in [2.05, 4.69) is 27.9 Å². The van der Waals surface area contributed by atoms with E-state index in [-0.39, 0.29) is 5.41 Å². The van der Waals surface area contributed by atoms with Crippen LogP contribution >= 0.6 is 11.6 Å². The molecule has 1 unspecified atom stereocenters. The minimum absolute atomic E-state index is 0.152. The topological polar surface area (TPSA) is 29.9 Å². The molecule has 0 radical (unpaired) electrons. The summed E-state index contributed by atoms with van der Waals surface area (Å²) in [5.74, 6) is 0. The lowest BCUT2D eigenvalue weighted by molar-refractivity contribution is 0.499. The third kappa shape index (κ3) is 1.93. The Morgan fingerprint density at radius 3 is 3.06 bits per heavy atom. The second-order valence-corrected chi connectivity index (χ2v) is 5.55. The second kappa shape index (κ2) is 4.41. The van der Waals surface area contributed by atoms with Crippen LogP contribution in [0.1, 0.15) is 19.0 Å². The maximum Gasteiger partial charge on any atom is 0.0994 e. The summed E-state index contributed by atoms with van der Waals surface area (Å²) in [4.78, 5) is 4.31. The molecule has 0 amide bonds. The number of hydrogen-bond acceptors (Lipinski definition) is 2. The van der Waals surface area contributed by atoms with E-state index in [0.717, 1.165) is 30.2 Å². The summed E-state index contributed by atoms with van der Waals surface area (Å²) in [5, 5.41) is 4.18. The molecular weight excluding hydrogens is 246 g/mol. The fraction of sp³-hybridized carbons (Fsp3) is 0.357. The molecule has 4 heteroatoms. The van der Waals surface area contributed by atoms with Crippen LogP contribution in [0.4, 0.5) is 0 Å². The normalized spacial score (nSPS) is 23.4. The lowest BCUT2D eigenvalue weighted by Gasteiger charge is -2.24. The number of nitrogens with one attached hydrogen (secondary N) is 1. The first-order valence-electron chi connectivity index (χ1n) is 6.19. The van der Waals surface area contributed by atoms with Crippen molar-refractivity contribution in [2.45, 2.75) is 18.8 Å². The zero-order valence-electron chi connectivity index (χ0n) is 10.4. The van der Waals surface area contributed by atoms with E-state index in [1.165, 1.54) is 5.69 Å². The van der Waals surface area contributed by atoms with Gasteiger partial charge in [-0.15, -0.1) is 0 Å². The summed E-state index contributed by atoms with van der Waals surface area (Å²) in [6, 6.07) is 7.89. The molecular formula is C14H16ClN3. The van der Waals surface area contributed by atoms with Gasteiger partial charge < -0.3 is 9.88 Å². The lowest BCUT2D eigenvalue weighted by Crippen LogP contribution is -2.27. The Bertz CT molecular complexity index is 556. The van der Waals surface area contributed by atoms with Crippen molar-refractivity contribution in [3.05, 3.63) is 47.5 Å². The van der Waals surface area contributed by atoms with Crippen LogP contribution in [0.2, 0.25) is 5.02 Å². The molecule has 0 spiro atoms. The predicted molar refractivity (Wildman–Crippen MR) is 73.4 cm³/mol. The van der Waals surface area contributed by atoms with Gasteiger partial charge in [0.05, 0.1) is 6.33 Å². The Hall–Kier alpha value is -1.32. The molecule has 1 fully saturated rings.